The van der Waals surface area contributed by atoms with Crippen LogP contribution in [0.2, 0.25) is 0 Å². The van der Waals surface area contributed by atoms with E-state index in [0.29, 0.717) is 24.5 Å². The van der Waals surface area contributed by atoms with E-state index < -0.39 is 5.79 Å². The zero-order chi connectivity index (χ0) is 23.6. The predicted molar refractivity (Wildman–Crippen MR) is 129 cm³/mol. The summed E-state index contributed by atoms with van der Waals surface area (Å²) < 4.78 is 18.1. The Bertz CT molecular complexity index is 849. The molecule has 5 nitrogen and oxygen atoms in total. The Morgan fingerprint density at radius 3 is 2.64 bits per heavy atom. The van der Waals surface area contributed by atoms with Crippen LogP contribution in [0.4, 0.5) is 0 Å². The molecule has 0 amide bonds. The van der Waals surface area contributed by atoms with Gasteiger partial charge in [0.05, 0.1) is 18.3 Å². The smallest absolute Gasteiger partial charge is 0.335 e. The minimum atomic E-state index is -0.498. The minimum Gasteiger partial charge on any atom is -0.458 e. The first-order valence-electron chi connectivity index (χ1n) is 13.2. The lowest BCUT2D eigenvalue weighted by Gasteiger charge is -2.63. The summed E-state index contributed by atoms with van der Waals surface area (Å²) in [6, 6.07) is 0.624. The Morgan fingerprint density at radius 2 is 1.97 bits per heavy atom. The lowest BCUT2D eigenvalue weighted by molar-refractivity contribution is -0.344. The third kappa shape index (κ3) is 3.83. The molecule has 2 saturated carbocycles. The van der Waals surface area contributed by atoms with Crippen LogP contribution in [0.5, 0.6) is 0 Å². The van der Waals surface area contributed by atoms with Gasteiger partial charge in [0, 0.05) is 17.5 Å². The van der Waals surface area contributed by atoms with Crippen molar-refractivity contribution in [3.63, 3.8) is 0 Å². The van der Waals surface area contributed by atoms with Crippen molar-refractivity contribution in [3.05, 3.63) is 23.8 Å². The predicted octanol–water partition coefficient (Wildman–Crippen LogP) is 5.25. The van der Waals surface area contributed by atoms with E-state index >= 15 is 0 Å². The van der Waals surface area contributed by atoms with Gasteiger partial charge in [0.1, 0.15) is 6.61 Å². The Balaban J connectivity index is 1.46. The molecule has 184 valence electrons. The highest BCUT2D eigenvalue weighted by molar-refractivity contribution is 5.91. The van der Waals surface area contributed by atoms with E-state index in [1.807, 2.05) is 19.9 Å². The SMILES string of the molecule is C=C1CCC2[C@]3(C)COC(C)(C)O[C@@H]3CC[C@]2(C)[C@H]1CC(C1=CCOC1=O)N1CCCC1C. The van der Waals surface area contributed by atoms with Gasteiger partial charge in [-0.2, -0.15) is 0 Å². The van der Waals surface area contributed by atoms with Gasteiger partial charge >= 0.3 is 5.97 Å². The number of fused-ring (bicyclic) bond motifs is 3. The largest absolute Gasteiger partial charge is 0.458 e. The molecule has 5 rings (SSSR count). The van der Waals surface area contributed by atoms with Gasteiger partial charge in [-0.3, -0.25) is 4.90 Å². The van der Waals surface area contributed by atoms with Crippen LogP contribution in [-0.4, -0.2) is 54.6 Å². The Kier molecular flexibility index (Phi) is 5.86. The number of esters is 1. The van der Waals surface area contributed by atoms with Gasteiger partial charge in [-0.25, -0.2) is 4.79 Å². The molecule has 0 aromatic heterocycles. The van der Waals surface area contributed by atoms with Crippen molar-refractivity contribution in [2.24, 2.45) is 22.7 Å². The number of likely N-dealkylation sites (tertiary alicyclic amines) is 1. The van der Waals surface area contributed by atoms with Crippen molar-refractivity contribution < 1.29 is 19.0 Å². The molecule has 0 radical (unpaired) electrons. The third-order valence-corrected chi connectivity index (χ3v) is 10.0. The summed E-state index contributed by atoms with van der Waals surface area (Å²) in [6.07, 6.45) is 10.1. The van der Waals surface area contributed by atoms with Gasteiger partial charge in [0.25, 0.3) is 0 Å². The highest BCUT2D eigenvalue weighted by Crippen LogP contribution is 2.64. The summed E-state index contributed by atoms with van der Waals surface area (Å²) in [5.74, 6) is 0.295. The van der Waals surface area contributed by atoms with Gasteiger partial charge < -0.3 is 14.2 Å². The number of hydrogen-bond donors (Lipinski definition) is 0. The Labute approximate surface area is 199 Å². The van der Waals surface area contributed by atoms with Crippen LogP contribution in [0.3, 0.4) is 0 Å². The summed E-state index contributed by atoms with van der Waals surface area (Å²) >= 11 is 0. The van der Waals surface area contributed by atoms with Crippen molar-refractivity contribution >= 4 is 5.97 Å². The molecule has 2 saturated heterocycles. The molecule has 0 bridgehead atoms. The van der Waals surface area contributed by atoms with Crippen molar-refractivity contribution in [1.82, 2.24) is 4.90 Å². The number of hydrogen-bond acceptors (Lipinski definition) is 5. The lowest BCUT2D eigenvalue weighted by Crippen LogP contribution is -2.63. The van der Waals surface area contributed by atoms with Gasteiger partial charge in [0.15, 0.2) is 5.79 Å². The number of ether oxygens (including phenoxy) is 3. The fourth-order valence-corrected chi connectivity index (χ4v) is 8.23. The second-order valence-corrected chi connectivity index (χ2v) is 12.4. The van der Waals surface area contributed by atoms with E-state index in [1.54, 1.807) is 0 Å². The van der Waals surface area contributed by atoms with Gasteiger partial charge in [-0.05, 0) is 95.6 Å². The summed E-state index contributed by atoms with van der Waals surface area (Å²) in [7, 11) is 0. The molecule has 5 heteroatoms. The van der Waals surface area contributed by atoms with E-state index in [2.05, 4.69) is 32.3 Å². The first-order valence-corrected chi connectivity index (χ1v) is 13.2. The molecular weight excluding hydrogens is 414 g/mol. The average molecular weight is 458 g/mol. The van der Waals surface area contributed by atoms with Crippen LogP contribution in [0.15, 0.2) is 23.8 Å². The van der Waals surface area contributed by atoms with E-state index in [0.717, 1.165) is 50.8 Å². The molecule has 0 N–H and O–H groups in total. The van der Waals surface area contributed by atoms with Gasteiger partial charge in [0.2, 0.25) is 0 Å². The van der Waals surface area contributed by atoms with Crippen molar-refractivity contribution in [2.75, 3.05) is 19.8 Å². The summed E-state index contributed by atoms with van der Waals surface area (Å²) in [5, 5.41) is 0. The normalized spacial score (nSPS) is 44.1. The Hall–Kier alpha value is -1.17. The van der Waals surface area contributed by atoms with Crippen molar-refractivity contribution in [2.45, 2.75) is 104 Å². The number of allylic oxidation sites excluding steroid dienone is 1. The second-order valence-electron chi connectivity index (χ2n) is 12.4. The van der Waals surface area contributed by atoms with Crippen LogP contribution in [-0.2, 0) is 19.0 Å². The molecule has 7 atom stereocenters. The summed E-state index contributed by atoms with van der Waals surface area (Å²) in [4.78, 5) is 15.3. The maximum Gasteiger partial charge on any atom is 0.335 e. The molecule has 2 aliphatic carbocycles. The van der Waals surface area contributed by atoms with E-state index in [9.17, 15) is 4.79 Å². The van der Waals surface area contributed by atoms with Gasteiger partial charge in [-0.1, -0.05) is 26.0 Å². The quantitative estimate of drug-likeness (QED) is 0.426. The van der Waals surface area contributed by atoms with E-state index in [1.165, 1.54) is 18.4 Å². The minimum absolute atomic E-state index is 0.0173. The van der Waals surface area contributed by atoms with Crippen molar-refractivity contribution in [3.8, 4) is 0 Å². The molecule has 4 fully saturated rings. The Morgan fingerprint density at radius 1 is 1.18 bits per heavy atom. The molecule has 3 heterocycles. The standard InChI is InChI=1S/C28H43NO4/c1-18-9-10-23-27(5,13-11-24-28(23,6)17-32-26(3,4)33-24)21(18)16-22(20-12-15-31-25(20)30)29-14-7-8-19(29)2/h12,19,21-24H,1,7-11,13-17H2,2-6H3/t19?,21-,22?,23?,24+,27+,28-/m0/s1. The maximum absolute atomic E-state index is 12.7. The highest BCUT2D eigenvalue weighted by Gasteiger charge is 2.61. The topological polar surface area (TPSA) is 48.0 Å². The lowest BCUT2D eigenvalue weighted by atomic mass is 9.45. The molecule has 5 aliphatic rings. The fourth-order valence-electron chi connectivity index (χ4n) is 8.23. The van der Waals surface area contributed by atoms with Crippen LogP contribution in [0, 0.1) is 22.7 Å². The number of nitrogens with zero attached hydrogens (tertiary/aromatic N) is 1. The molecule has 3 aliphatic heterocycles. The van der Waals surface area contributed by atoms with Crippen molar-refractivity contribution in [1.29, 1.82) is 0 Å². The zero-order valence-electron chi connectivity index (χ0n) is 21.3. The first kappa shape index (κ1) is 23.6. The molecule has 3 unspecified atom stereocenters. The zero-order valence-corrected chi connectivity index (χ0v) is 21.3. The maximum atomic E-state index is 12.7. The van der Waals surface area contributed by atoms with Crippen LogP contribution in [0.25, 0.3) is 0 Å². The monoisotopic (exact) mass is 457 g/mol. The molecule has 33 heavy (non-hydrogen) atoms. The average Bonchev–Trinajstić information content (AvgIpc) is 3.37. The van der Waals surface area contributed by atoms with Crippen LogP contribution >= 0.6 is 0 Å². The molecular formula is C28H43NO4. The van der Waals surface area contributed by atoms with Crippen LogP contribution < -0.4 is 0 Å². The van der Waals surface area contributed by atoms with Gasteiger partial charge in [-0.15, -0.1) is 0 Å². The number of rotatable bonds is 4. The molecule has 0 aromatic rings. The second kappa shape index (κ2) is 8.20. The highest BCUT2D eigenvalue weighted by atomic mass is 16.7. The molecule has 0 spiro atoms. The first-order chi connectivity index (χ1) is 15.6. The van der Waals surface area contributed by atoms with Crippen LogP contribution in [0.1, 0.15) is 79.6 Å². The summed E-state index contributed by atoms with van der Waals surface area (Å²) in [6.45, 7) is 18.1. The summed E-state index contributed by atoms with van der Waals surface area (Å²) in [5.41, 5.74) is 2.41. The number of carbonyl (C=O) groups excluding carboxylic acids is 1. The number of cyclic esters (lactones) is 1. The molecule has 0 aromatic carbocycles. The number of carbonyl (C=O) groups is 1. The third-order valence-electron chi connectivity index (χ3n) is 10.0. The van der Waals surface area contributed by atoms with E-state index in [-0.39, 0.29) is 28.9 Å². The fraction of sp³-hybridized carbons (Fsp3) is 0.821. The van der Waals surface area contributed by atoms with E-state index in [4.69, 9.17) is 14.2 Å².